The van der Waals surface area contributed by atoms with E-state index in [4.69, 9.17) is 21.7 Å². The van der Waals surface area contributed by atoms with E-state index in [9.17, 15) is 43.5 Å². The number of hydrogen-bond donors (Lipinski definition) is 11. The number of nitrogens with two attached hydrogens (primary N) is 2. The molecular formula is C30H37N11O11. The summed E-state index contributed by atoms with van der Waals surface area (Å²) in [5, 5.41) is 39.8. The number of carboxylic acid groups (broad SMARTS) is 3. The first-order chi connectivity index (χ1) is 24.6. The van der Waals surface area contributed by atoms with Gasteiger partial charge in [0.15, 0.2) is 11.2 Å². The van der Waals surface area contributed by atoms with E-state index in [0.717, 1.165) is 0 Å². The van der Waals surface area contributed by atoms with E-state index in [1.54, 1.807) is 12.1 Å². The average molecular weight is 728 g/mol. The number of aliphatic carboxylic acids is 3. The summed E-state index contributed by atoms with van der Waals surface area (Å²) in [5.41, 5.74) is 11.9. The number of hydrogen-bond acceptors (Lipinski definition) is 14. The Balaban J connectivity index is 1.47. The van der Waals surface area contributed by atoms with Crippen molar-refractivity contribution in [3.8, 4) is 0 Å². The molecule has 0 aliphatic carbocycles. The molecule has 4 atom stereocenters. The van der Waals surface area contributed by atoms with Crippen LogP contribution in [0.3, 0.4) is 0 Å². The Morgan fingerprint density at radius 2 is 1.54 bits per heavy atom. The van der Waals surface area contributed by atoms with Gasteiger partial charge in [-0.25, -0.2) is 19.6 Å². The van der Waals surface area contributed by atoms with Gasteiger partial charge >= 0.3 is 17.9 Å². The molecule has 2 heterocycles. The summed E-state index contributed by atoms with van der Waals surface area (Å²) in [6.07, 6.45) is -0.216. The van der Waals surface area contributed by atoms with E-state index in [1.807, 2.05) is 0 Å². The molecule has 3 aromatic rings. The number of nitrogen functional groups attached to an aromatic ring is 1. The van der Waals surface area contributed by atoms with E-state index in [-0.39, 0.29) is 42.1 Å². The molecule has 0 aliphatic heterocycles. The lowest BCUT2D eigenvalue weighted by atomic mass is 10.1. The molecule has 4 amide bonds. The lowest BCUT2D eigenvalue weighted by Gasteiger charge is -2.21. The first-order valence-corrected chi connectivity index (χ1v) is 15.5. The van der Waals surface area contributed by atoms with Crippen molar-refractivity contribution >= 4 is 64.3 Å². The Morgan fingerprint density at radius 1 is 0.885 bits per heavy atom. The summed E-state index contributed by atoms with van der Waals surface area (Å²) in [6, 6.07) is 0.0328. The van der Waals surface area contributed by atoms with Gasteiger partial charge in [-0.15, -0.1) is 0 Å². The van der Waals surface area contributed by atoms with Crippen LogP contribution in [-0.4, -0.2) is 108 Å². The molecule has 22 nitrogen and oxygen atoms in total. The van der Waals surface area contributed by atoms with Gasteiger partial charge in [-0.1, -0.05) is 6.92 Å². The molecule has 1 aromatic carbocycles. The van der Waals surface area contributed by atoms with Crippen molar-refractivity contribution < 1.29 is 48.9 Å². The molecule has 278 valence electrons. The number of anilines is 2. The Hall–Kier alpha value is -6.71. The summed E-state index contributed by atoms with van der Waals surface area (Å²) in [7, 11) is 0. The van der Waals surface area contributed by atoms with Gasteiger partial charge in [-0.3, -0.25) is 33.8 Å². The van der Waals surface area contributed by atoms with E-state index in [2.05, 4.69) is 46.5 Å². The zero-order valence-electron chi connectivity index (χ0n) is 27.5. The number of carbonyl (C=O) groups is 7. The van der Waals surface area contributed by atoms with Crippen LogP contribution >= 0.6 is 0 Å². The van der Waals surface area contributed by atoms with Gasteiger partial charge < -0.3 is 53.4 Å². The topological polar surface area (TPSA) is 364 Å². The number of H-pyrrole nitrogens is 1. The van der Waals surface area contributed by atoms with Crippen molar-refractivity contribution in [3.05, 3.63) is 52.1 Å². The largest absolute Gasteiger partial charge is 0.481 e. The molecule has 0 aliphatic rings. The van der Waals surface area contributed by atoms with Gasteiger partial charge in [-0.05, 0) is 37.1 Å². The molecule has 0 fully saturated rings. The predicted octanol–water partition coefficient (Wildman–Crippen LogP) is -2.75. The molecule has 0 spiro atoms. The molecule has 0 radical (unpaired) electrons. The Morgan fingerprint density at radius 3 is 2.15 bits per heavy atom. The van der Waals surface area contributed by atoms with Crippen molar-refractivity contribution in [1.29, 1.82) is 0 Å². The van der Waals surface area contributed by atoms with Crippen LogP contribution < -0.4 is 43.6 Å². The number of rotatable bonds is 19. The third-order valence-electron chi connectivity index (χ3n) is 7.26. The van der Waals surface area contributed by atoms with Gasteiger partial charge in [0.2, 0.25) is 23.7 Å². The Kier molecular flexibility index (Phi) is 14.0. The standard InChI is InChI=1S/C30H37N11O11/c1-2-17(28(49)50)37-26(47)19(9-21(43)44)39-25(46)16(31)12-34-20(42)8-7-18(29(51)52)38-24(45)13-3-5-14(6-4-13)33-10-15-11-35-23-22(36-15)27(48)41-30(32)40-23/h3-6,11,16-19,33H,2,7-10,12,31H2,1H3,(H,34,42)(H,37,47)(H,38,45)(H,39,46)(H,43,44)(H,49,50)(H,51,52)(H3,32,35,40,41,48). The van der Waals surface area contributed by atoms with Crippen LogP contribution in [0.5, 0.6) is 0 Å². The third-order valence-corrected chi connectivity index (χ3v) is 7.26. The Bertz CT molecular complexity index is 1880. The first-order valence-electron chi connectivity index (χ1n) is 15.5. The lowest BCUT2D eigenvalue weighted by molar-refractivity contribution is -0.143. The molecule has 22 heteroatoms. The second-order valence-electron chi connectivity index (χ2n) is 11.2. The molecule has 4 unspecified atom stereocenters. The van der Waals surface area contributed by atoms with E-state index in [1.165, 1.54) is 25.3 Å². The number of aromatic amines is 1. The number of amides is 4. The number of benzene rings is 1. The SMILES string of the molecule is CCC(NC(=O)C(CC(=O)O)NC(=O)C(N)CNC(=O)CCC(NC(=O)c1ccc(NCc2cnc3nc(N)[nH]c(=O)c3n2)cc1)C(=O)O)C(=O)O. The average Bonchev–Trinajstić information content (AvgIpc) is 3.09. The van der Waals surface area contributed by atoms with Crippen LogP contribution in [-0.2, 0) is 35.3 Å². The summed E-state index contributed by atoms with van der Waals surface area (Å²) in [6.45, 7) is 1.15. The summed E-state index contributed by atoms with van der Waals surface area (Å²) < 4.78 is 0. The van der Waals surface area contributed by atoms with Gasteiger partial charge in [0, 0.05) is 24.2 Å². The number of carbonyl (C=O) groups excluding carboxylic acids is 4. The highest BCUT2D eigenvalue weighted by atomic mass is 16.4. The zero-order valence-corrected chi connectivity index (χ0v) is 27.5. The third kappa shape index (κ3) is 11.7. The lowest BCUT2D eigenvalue weighted by Crippen LogP contribution is -2.56. The minimum atomic E-state index is -1.66. The highest BCUT2D eigenvalue weighted by Crippen LogP contribution is 2.12. The van der Waals surface area contributed by atoms with Crippen LogP contribution in [0.4, 0.5) is 11.6 Å². The number of nitrogens with zero attached hydrogens (tertiary/aromatic N) is 3. The molecule has 2 aromatic heterocycles. The van der Waals surface area contributed by atoms with Gasteiger partial charge in [-0.2, -0.15) is 4.98 Å². The van der Waals surface area contributed by atoms with Crippen molar-refractivity contribution in [1.82, 2.24) is 41.2 Å². The van der Waals surface area contributed by atoms with Gasteiger partial charge in [0.25, 0.3) is 11.5 Å². The first kappa shape index (κ1) is 39.7. The van der Waals surface area contributed by atoms with Crippen LogP contribution in [0.1, 0.15) is 48.7 Å². The number of aromatic nitrogens is 4. The second kappa shape index (κ2) is 18.3. The molecule has 3 rings (SSSR count). The second-order valence-corrected chi connectivity index (χ2v) is 11.2. The van der Waals surface area contributed by atoms with Crippen molar-refractivity contribution in [2.75, 3.05) is 17.6 Å². The number of fused-ring (bicyclic) bond motifs is 1. The van der Waals surface area contributed by atoms with Crippen LogP contribution in [0, 0.1) is 0 Å². The maximum Gasteiger partial charge on any atom is 0.326 e. The minimum Gasteiger partial charge on any atom is -0.481 e. The van der Waals surface area contributed by atoms with Crippen molar-refractivity contribution in [2.24, 2.45) is 5.73 Å². The molecule has 0 bridgehead atoms. The number of carboxylic acids is 3. The van der Waals surface area contributed by atoms with Gasteiger partial charge in [0.1, 0.15) is 24.2 Å². The maximum absolute atomic E-state index is 12.8. The highest BCUT2D eigenvalue weighted by Gasteiger charge is 2.29. The summed E-state index contributed by atoms with van der Waals surface area (Å²) in [4.78, 5) is 111. The fourth-order valence-electron chi connectivity index (χ4n) is 4.44. The summed E-state index contributed by atoms with van der Waals surface area (Å²) >= 11 is 0. The normalized spacial score (nSPS) is 13.1. The fourth-order valence-corrected chi connectivity index (χ4v) is 4.44. The predicted molar refractivity (Wildman–Crippen MR) is 179 cm³/mol. The van der Waals surface area contributed by atoms with E-state index >= 15 is 0 Å². The molecule has 0 saturated carbocycles. The molecule has 0 saturated heterocycles. The van der Waals surface area contributed by atoms with Gasteiger partial charge in [0.05, 0.1) is 24.9 Å². The smallest absolute Gasteiger partial charge is 0.326 e. The van der Waals surface area contributed by atoms with Crippen LogP contribution in [0.25, 0.3) is 11.2 Å². The van der Waals surface area contributed by atoms with Crippen molar-refractivity contribution in [3.63, 3.8) is 0 Å². The molecular weight excluding hydrogens is 690 g/mol. The number of nitrogens with one attached hydrogen (secondary N) is 6. The maximum atomic E-state index is 12.8. The quantitative estimate of drug-likeness (QED) is 0.0596. The molecule has 52 heavy (non-hydrogen) atoms. The van der Waals surface area contributed by atoms with Crippen molar-refractivity contribution in [2.45, 2.75) is 63.3 Å². The molecule has 13 N–H and O–H groups in total. The monoisotopic (exact) mass is 727 g/mol. The van der Waals surface area contributed by atoms with E-state index in [0.29, 0.717) is 11.4 Å². The van der Waals surface area contributed by atoms with E-state index < -0.39 is 90.6 Å². The Labute approximate surface area is 293 Å². The highest BCUT2D eigenvalue weighted by molar-refractivity contribution is 5.97. The summed E-state index contributed by atoms with van der Waals surface area (Å²) in [5.74, 6) is -7.89. The van der Waals surface area contributed by atoms with Crippen LogP contribution in [0.2, 0.25) is 0 Å². The minimum absolute atomic E-state index is 0.00896. The fraction of sp³-hybridized carbons (Fsp3) is 0.367. The van der Waals surface area contributed by atoms with Crippen LogP contribution in [0.15, 0.2) is 35.3 Å². The zero-order chi connectivity index (χ0) is 38.5.